The van der Waals surface area contributed by atoms with E-state index in [-0.39, 0.29) is 0 Å². The quantitative estimate of drug-likeness (QED) is 0.782. The molecule has 2 nitrogen and oxygen atoms in total. The Morgan fingerprint density at radius 2 is 2.11 bits per heavy atom. The van der Waals surface area contributed by atoms with Crippen molar-refractivity contribution in [3.05, 3.63) is 42.5 Å². The van der Waals surface area contributed by atoms with Gasteiger partial charge in [0.25, 0.3) is 0 Å². The van der Waals surface area contributed by atoms with Gasteiger partial charge in [0.1, 0.15) is 12.4 Å². The Hall–Kier alpha value is -1.28. The highest BCUT2D eigenvalue weighted by atomic mass is 16.5. The van der Waals surface area contributed by atoms with Gasteiger partial charge in [-0.2, -0.15) is 0 Å². The molecule has 1 fully saturated rings. The van der Waals surface area contributed by atoms with Crippen LogP contribution in [0.4, 0.5) is 0 Å². The Balaban J connectivity index is 1.77. The summed E-state index contributed by atoms with van der Waals surface area (Å²) in [5, 5.41) is 3.67. The van der Waals surface area contributed by atoms with E-state index >= 15 is 0 Å². The normalized spacial score (nSPS) is 23.0. The minimum Gasteiger partial charge on any atom is -0.490 e. The zero-order valence-corrected chi connectivity index (χ0v) is 11.9. The van der Waals surface area contributed by atoms with E-state index in [4.69, 9.17) is 4.74 Å². The summed E-state index contributed by atoms with van der Waals surface area (Å²) in [6.07, 6.45) is 7.17. The number of rotatable bonds is 6. The van der Waals surface area contributed by atoms with Gasteiger partial charge < -0.3 is 10.1 Å². The Morgan fingerprint density at radius 3 is 2.79 bits per heavy atom. The van der Waals surface area contributed by atoms with Crippen LogP contribution in [0.15, 0.2) is 36.9 Å². The fourth-order valence-corrected chi connectivity index (χ4v) is 2.74. The van der Waals surface area contributed by atoms with Crippen molar-refractivity contribution in [2.24, 2.45) is 5.92 Å². The van der Waals surface area contributed by atoms with Gasteiger partial charge in [-0.1, -0.05) is 44.6 Å². The Morgan fingerprint density at radius 1 is 1.32 bits per heavy atom. The second-order valence-corrected chi connectivity index (χ2v) is 5.59. The monoisotopic (exact) mass is 259 g/mol. The van der Waals surface area contributed by atoms with Crippen LogP contribution in [-0.2, 0) is 6.54 Å². The van der Waals surface area contributed by atoms with Gasteiger partial charge in [-0.25, -0.2) is 0 Å². The van der Waals surface area contributed by atoms with Crippen molar-refractivity contribution in [2.45, 2.75) is 45.2 Å². The molecule has 1 aliphatic carbocycles. The Labute approximate surface area is 116 Å². The van der Waals surface area contributed by atoms with Gasteiger partial charge in [0.2, 0.25) is 0 Å². The summed E-state index contributed by atoms with van der Waals surface area (Å²) in [7, 11) is 0. The molecule has 0 aromatic heterocycles. The number of hydrogen-bond acceptors (Lipinski definition) is 2. The van der Waals surface area contributed by atoms with E-state index in [1.54, 1.807) is 6.08 Å². The van der Waals surface area contributed by atoms with E-state index < -0.39 is 0 Å². The first-order valence-electron chi connectivity index (χ1n) is 7.34. The lowest BCUT2D eigenvalue weighted by Gasteiger charge is -2.27. The smallest absolute Gasteiger partial charge is 0.119 e. The van der Waals surface area contributed by atoms with Crippen LogP contribution in [0.25, 0.3) is 0 Å². The first-order chi connectivity index (χ1) is 9.28. The minimum atomic E-state index is 0.567. The van der Waals surface area contributed by atoms with E-state index in [0.717, 1.165) is 18.2 Å². The van der Waals surface area contributed by atoms with Crippen LogP contribution in [0.2, 0.25) is 0 Å². The summed E-state index contributed by atoms with van der Waals surface area (Å²) in [5.41, 5.74) is 1.32. The molecule has 2 atom stereocenters. The van der Waals surface area contributed by atoms with Crippen LogP contribution in [-0.4, -0.2) is 12.6 Å². The van der Waals surface area contributed by atoms with Crippen molar-refractivity contribution in [1.82, 2.24) is 5.32 Å². The molecule has 1 aliphatic rings. The average molecular weight is 259 g/mol. The molecule has 0 saturated heterocycles. The van der Waals surface area contributed by atoms with E-state index in [0.29, 0.717) is 12.6 Å². The molecule has 2 unspecified atom stereocenters. The van der Waals surface area contributed by atoms with Crippen molar-refractivity contribution in [1.29, 1.82) is 0 Å². The van der Waals surface area contributed by atoms with Crippen LogP contribution >= 0.6 is 0 Å². The molecule has 2 heteroatoms. The van der Waals surface area contributed by atoms with Crippen molar-refractivity contribution in [3.63, 3.8) is 0 Å². The predicted molar refractivity (Wildman–Crippen MR) is 80.4 cm³/mol. The van der Waals surface area contributed by atoms with Crippen molar-refractivity contribution < 1.29 is 4.74 Å². The molecule has 0 heterocycles. The number of ether oxygens (including phenoxy) is 1. The summed E-state index contributed by atoms with van der Waals surface area (Å²) in [5.74, 6) is 1.79. The molecule has 0 aliphatic heterocycles. The van der Waals surface area contributed by atoms with Gasteiger partial charge in [0.05, 0.1) is 0 Å². The maximum atomic E-state index is 5.48. The maximum absolute atomic E-state index is 5.48. The largest absolute Gasteiger partial charge is 0.490 e. The molecule has 1 aromatic carbocycles. The second-order valence-electron chi connectivity index (χ2n) is 5.59. The molecular weight excluding hydrogens is 234 g/mol. The summed E-state index contributed by atoms with van der Waals surface area (Å²) < 4.78 is 5.48. The fraction of sp³-hybridized carbons (Fsp3) is 0.529. The topological polar surface area (TPSA) is 21.3 Å². The Kier molecular flexibility index (Phi) is 5.46. The van der Waals surface area contributed by atoms with Crippen LogP contribution in [0, 0.1) is 5.92 Å². The lowest BCUT2D eigenvalue weighted by Crippen LogP contribution is -2.33. The fourth-order valence-electron chi connectivity index (χ4n) is 2.74. The van der Waals surface area contributed by atoms with E-state index in [2.05, 4.69) is 31.0 Å². The number of hydrogen-bond donors (Lipinski definition) is 1. The Bertz CT molecular complexity index is 385. The number of benzene rings is 1. The highest BCUT2D eigenvalue weighted by Crippen LogP contribution is 2.23. The number of nitrogens with one attached hydrogen (secondary N) is 1. The molecule has 0 spiro atoms. The SMILES string of the molecule is C=CCOc1ccc(CNC2CCCC(C)C2)cc1. The molecule has 19 heavy (non-hydrogen) atoms. The summed E-state index contributed by atoms with van der Waals surface area (Å²) in [6.45, 7) is 7.53. The van der Waals surface area contributed by atoms with Gasteiger partial charge in [0.15, 0.2) is 0 Å². The van der Waals surface area contributed by atoms with Crippen LogP contribution in [0.5, 0.6) is 5.75 Å². The molecule has 1 saturated carbocycles. The zero-order valence-electron chi connectivity index (χ0n) is 11.9. The third-order valence-electron chi connectivity index (χ3n) is 3.82. The van der Waals surface area contributed by atoms with Crippen molar-refractivity contribution in [3.8, 4) is 5.75 Å². The van der Waals surface area contributed by atoms with Crippen LogP contribution < -0.4 is 10.1 Å². The third kappa shape index (κ3) is 4.71. The summed E-state index contributed by atoms with van der Waals surface area (Å²) >= 11 is 0. The lowest BCUT2D eigenvalue weighted by atomic mass is 9.87. The summed E-state index contributed by atoms with van der Waals surface area (Å²) in [6, 6.07) is 9.03. The molecule has 0 radical (unpaired) electrons. The zero-order chi connectivity index (χ0) is 13.5. The van der Waals surface area contributed by atoms with Gasteiger partial charge in [-0.05, 0) is 36.5 Å². The van der Waals surface area contributed by atoms with Gasteiger partial charge in [-0.15, -0.1) is 0 Å². The maximum Gasteiger partial charge on any atom is 0.119 e. The van der Waals surface area contributed by atoms with Crippen molar-refractivity contribution in [2.75, 3.05) is 6.61 Å². The lowest BCUT2D eigenvalue weighted by molar-refractivity contribution is 0.300. The van der Waals surface area contributed by atoms with Gasteiger partial charge in [0, 0.05) is 12.6 Å². The van der Waals surface area contributed by atoms with Gasteiger partial charge >= 0.3 is 0 Å². The first-order valence-corrected chi connectivity index (χ1v) is 7.34. The second kappa shape index (κ2) is 7.34. The van der Waals surface area contributed by atoms with E-state index in [9.17, 15) is 0 Å². The third-order valence-corrected chi connectivity index (χ3v) is 3.82. The van der Waals surface area contributed by atoms with Crippen molar-refractivity contribution >= 4 is 0 Å². The minimum absolute atomic E-state index is 0.567. The highest BCUT2D eigenvalue weighted by molar-refractivity contribution is 5.27. The van der Waals surface area contributed by atoms with Crippen LogP contribution in [0.1, 0.15) is 38.2 Å². The summed E-state index contributed by atoms with van der Waals surface area (Å²) in [4.78, 5) is 0. The highest BCUT2D eigenvalue weighted by Gasteiger charge is 2.17. The molecule has 1 N–H and O–H groups in total. The molecule has 0 amide bonds. The van der Waals surface area contributed by atoms with E-state index in [1.165, 1.54) is 31.2 Å². The molecule has 0 bridgehead atoms. The predicted octanol–water partition coefficient (Wildman–Crippen LogP) is 3.92. The average Bonchev–Trinajstić information content (AvgIpc) is 2.44. The van der Waals surface area contributed by atoms with Gasteiger partial charge in [-0.3, -0.25) is 0 Å². The van der Waals surface area contributed by atoms with E-state index in [1.807, 2.05) is 12.1 Å². The molecule has 2 rings (SSSR count). The first kappa shape index (κ1) is 14.1. The standard InChI is InChI=1S/C17H25NO/c1-3-11-19-17-9-7-15(8-10-17)13-18-16-6-4-5-14(2)12-16/h3,7-10,14,16,18H,1,4-6,11-13H2,2H3. The molecule has 104 valence electrons. The molecular formula is C17H25NO. The van der Waals surface area contributed by atoms with Crippen LogP contribution in [0.3, 0.4) is 0 Å². The molecule has 1 aromatic rings.